The number of hydrogen-bond donors (Lipinski definition) is 1. The zero-order valence-corrected chi connectivity index (χ0v) is 18.5. The van der Waals surface area contributed by atoms with Crippen LogP contribution in [0.15, 0.2) is 47.6 Å². The Balaban J connectivity index is 1.75. The van der Waals surface area contributed by atoms with Crippen LogP contribution in [0.2, 0.25) is 0 Å². The normalized spacial score (nSPS) is 17.7. The Morgan fingerprint density at radius 2 is 2.13 bits per heavy atom. The molecule has 162 valence electrons. The van der Waals surface area contributed by atoms with E-state index in [4.69, 9.17) is 4.74 Å². The Hall–Kier alpha value is -2.45. The van der Waals surface area contributed by atoms with Crippen molar-refractivity contribution in [2.24, 2.45) is 5.92 Å². The highest BCUT2D eigenvalue weighted by Gasteiger charge is 2.35. The minimum atomic E-state index is -3.78. The second-order valence-corrected chi connectivity index (χ2v) is 9.75. The molecule has 7 nitrogen and oxygen atoms in total. The predicted octanol–water partition coefficient (Wildman–Crippen LogP) is 2.93. The molecule has 1 aromatic heterocycles. The summed E-state index contributed by atoms with van der Waals surface area (Å²) in [6, 6.07) is 8.97. The number of nitrogens with zero attached hydrogens (tertiary/aromatic N) is 2. The van der Waals surface area contributed by atoms with Gasteiger partial charge in [-0.25, -0.2) is 8.42 Å². The summed E-state index contributed by atoms with van der Waals surface area (Å²) in [6.07, 6.45) is 4.67. The van der Waals surface area contributed by atoms with Crippen molar-refractivity contribution in [2.45, 2.75) is 44.0 Å². The Labute approximate surface area is 178 Å². The van der Waals surface area contributed by atoms with Gasteiger partial charge >= 0.3 is 0 Å². The summed E-state index contributed by atoms with van der Waals surface area (Å²) in [5.74, 6) is -0.00844. The number of carbonyl (C=O) groups excluding carboxylic acids is 1. The van der Waals surface area contributed by atoms with Gasteiger partial charge in [0.15, 0.2) is 0 Å². The van der Waals surface area contributed by atoms with Crippen molar-refractivity contribution < 1.29 is 17.9 Å². The largest absolute Gasteiger partial charge is 0.495 e. The topological polar surface area (TPSA) is 88.6 Å². The lowest BCUT2D eigenvalue weighted by Crippen LogP contribution is -2.45. The van der Waals surface area contributed by atoms with E-state index >= 15 is 0 Å². The minimum Gasteiger partial charge on any atom is -0.495 e. The van der Waals surface area contributed by atoms with Crippen LogP contribution in [0.5, 0.6) is 5.75 Å². The second-order valence-electron chi connectivity index (χ2n) is 7.85. The zero-order chi connectivity index (χ0) is 21.7. The highest BCUT2D eigenvalue weighted by Crippen LogP contribution is 2.32. The SMILES string of the molecule is COc1ccc(C(C)C)cc1S(=O)(=O)N1CCC[C@@H](C(=O)NCc2cccnc2)C1. The Kier molecular flexibility index (Phi) is 7.10. The number of sulfonamides is 1. The van der Waals surface area contributed by atoms with Crippen molar-refractivity contribution in [3.05, 3.63) is 53.9 Å². The highest BCUT2D eigenvalue weighted by atomic mass is 32.2. The number of hydrogen-bond acceptors (Lipinski definition) is 5. The van der Waals surface area contributed by atoms with Crippen LogP contribution in [-0.2, 0) is 21.4 Å². The number of amides is 1. The molecule has 2 aromatic rings. The lowest BCUT2D eigenvalue weighted by atomic mass is 9.99. The summed E-state index contributed by atoms with van der Waals surface area (Å²) in [6.45, 7) is 4.96. The first kappa shape index (κ1) is 22.2. The van der Waals surface area contributed by atoms with Gasteiger partial charge in [0.05, 0.1) is 13.0 Å². The molecule has 1 amide bonds. The molecule has 1 atom stereocenters. The van der Waals surface area contributed by atoms with Crippen LogP contribution in [0.4, 0.5) is 0 Å². The molecule has 2 heterocycles. The van der Waals surface area contributed by atoms with Crippen LogP contribution in [-0.4, -0.2) is 43.8 Å². The number of aromatic nitrogens is 1. The molecule has 0 bridgehead atoms. The first-order valence-corrected chi connectivity index (χ1v) is 11.6. The van der Waals surface area contributed by atoms with Crippen LogP contribution in [0.25, 0.3) is 0 Å². The summed E-state index contributed by atoms with van der Waals surface area (Å²) in [5, 5.41) is 2.90. The smallest absolute Gasteiger partial charge is 0.246 e. The molecule has 3 rings (SSSR count). The molecule has 1 fully saturated rings. The fourth-order valence-corrected chi connectivity index (χ4v) is 5.32. The monoisotopic (exact) mass is 431 g/mol. The number of piperidine rings is 1. The van der Waals surface area contributed by atoms with Crippen LogP contribution in [0.1, 0.15) is 43.7 Å². The van der Waals surface area contributed by atoms with E-state index < -0.39 is 10.0 Å². The molecule has 8 heteroatoms. The van der Waals surface area contributed by atoms with Gasteiger partial charge in [0.1, 0.15) is 10.6 Å². The average molecular weight is 432 g/mol. The van der Waals surface area contributed by atoms with Gasteiger partial charge in [0.25, 0.3) is 0 Å². The molecule has 0 spiro atoms. The first-order valence-electron chi connectivity index (χ1n) is 10.2. The molecule has 0 saturated carbocycles. The Bertz CT molecular complexity index is 977. The van der Waals surface area contributed by atoms with E-state index in [1.807, 2.05) is 32.0 Å². The summed E-state index contributed by atoms with van der Waals surface area (Å²) in [7, 11) is -2.31. The Morgan fingerprint density at radius 1 is 1.33 bits per heavy atom. The molecule has 30 heavy (non-hydrogen) atoms. The molecule has 1 saturated heterocycles. The second kappa shape index (κ2) is 9.57. The molecule has 1 aliphatic rings. The lowest BCUT2D eigenvalue weighted by Gasteiger charge is -2.31. The molecule has 1 N–H and O–H groups in total. The van der Waals surface area contributed by atoms with Crippen molar-refractivity contribution in [1.82, 2.24) is 14.6 Å². The van der Waals surface area contributed by atoms with E-state index in [-0.39, 0.29) is 29.2 Å². The van der Waals surface area contributed by atoms with E-state index in [0.717, 1.165) is 11.1 Å². The lowest BCUT2D eigenvalue weighted by molar-refractivity contribution is -0.126. The molecule has 0 aliphatic carbocycles. The predicted molar refractivity (Wildman–Crippen MR) is 115 cm³/mol. The van der Waals surface area contributed by atoms with Gasteiger partial charge in [-0.05, 0) is 48.1 Å². The fourth-order valence-electron chi connectivity index (χ4n) is 3.60. The number of nitrogens with one attached hydrogen (secondary N) is 1. The number of carbonyl (C=O) groups is 1. The third-order valence-electron chi connectivity index (χ3n) is 5.42. The maximum atomic E-state index is 13.4. The van der Waals surface area contributed by atoms with Crippen LogP contribution < -0.4 is 10.1 Å². The minimum absolute atomic E-state index is 0.137. The number of methoxy groups -OCH3 is 1. The summed E-state index contributed by atoms with van der Waals surface area (Å²) < 4.78 is 33.5. The maximum Gasteiger partial charge on any atom is 0.246 e. The van der Waals surface area contributed by atoms with E-state index in [1.165, 1.54) is 11.4 Å². The van der Waals surface area contributed by atoms with E-state index in [0.29, 0.717) is 31.7 Å². The van der Waals surface area contributed by atoms with Gasteiger partial charge < -0.3 is 10.1 Å². The first-order chi connectivity index (χ1) is 14.3. The van der Waals surface area contributed by atoms with E-state index in [9.17, 15) is 13.2 Å². The van der Waals surface area contributed by atoms with Crippen molar-refractivity contribution >= 4 is 15.9 Å². The van der Waals surface area contributed by atoms with Gasteiger partial charge in [-0.1, -0.05) is 26.0 Å². The van der Waals surface area contributed by atoms with Gasteiger partial charge in [-0.3, -0.25) is 9.78 Å². The third-order valence-corrected chi connectivity index (χ3v) is 7.30. The summed E-state index contributed by atoms with van der Waals surface area (Å²) in [4.78, 5) is 16.9. The van der Waals surface area contributed by atoms with Gasteiger partial charge in [0.2, 0.25) is 15.9 Å². The number of ether oxygens (including phenoxy) is 1. The third kappa shape index (κ3) is 4.99. The zero-order valence-electron chi connectivity index (χ0n) is 17.7. The summed E-state index contributed by atoms with van der Waals surface area (Å²) >= 11 is 0. The number of pyridine rings is 1. The van der Waals surface area contributed by atoms with Gasteiger partial charge in [0, 0.05) is 32.0 Å². The van der Waals surface area contributed by atoms with Crippen molar-refractivity contribution in [1.29, 1.82) is 0 Å². The number of rotatable bonds is 7. The highest BCUT2D eigenvalue weighted by molar-refractivity contribution is 7.89. The van der Waals surface area contributed by atoms with E-state index in [2.05, 4.69) is 10.3 Å². The van der Waals surface area contributed by atoms with Crippen LogP contribution >= 0.6 is 0 Å². The van der Waals surface area contributed by atoms with Crippen molar-refractivity contribution in [2.75, 3.05) is 20.2 Å². The van der Waals surface area contributed by atoms with Crippen molar-refractivity contribution in [3.63, 3.8) is 0 Å². The molecule has 0 radical (unpaired) electrons. The van der Waals surface area contributed by atoms with Crippen LogP contribution in [0, 0.1) is 5.92 Å². The fraction of sp³-hybridized carbons (Fsp3) is 0.455. The molecule has 1 aromatic carbocycles. The van der Waals surface area contributed by atoms with Gasteiger partial charge in [-0.2, -0.15) is 4.31 Å². The molecular formula is C22H29N3O4S. The maximum absolute atomic E-state index is 13.4. The molecule has 1 aliphatic heterocycles. The van der Waals surface area contributed by atoms with E-state index in [1.54, 1.807) is 24.5 Å². The standard InChI is InChI=1S/C22H29N3O4S/c1-16(2)18-8-9-20(29-3)21(12-18)30(27,28)25-11-5-7-19(15-25)22(26)24-14-17-6-4-10-23-13-17/h4,6,8-10,12-13,16,19H,5,7,11,14-15H2,1-3H3,(H,24,26)/t19-/m1/s1. The molecular weight excluding hydrogens is 402 g/mol. The average Bonchev–Trinajstić information content (AvgIpc) is 2.77. The summed E-state index contributed by atoms with van der Waals surface area (Å²) in [5.41, 5.74) is 1.83. The van der Waals surface area contributed by atoms with Crippen LogP contribution in [0.3, 0.4) is 0 Å². The van der Waals surface area contributed by atoms with Gasteiger partial charge in [-0.15, -0.1) is 0 Å². The Morgan fingerprint density at radius 3 is 2.80 bits per heavy atom. The molecule has 0 unspecified atom stereocenters. The number of benzene rings is 1. The van der Waals surface area contributed by atoms with Crippen molar-refractivity contribution in [3.8, 4) is 5.75 Å². The quantitative estimate of drug-likeness (QED) is 0.728.